The lowest BCUT2D eigenvalue weighted by atomic mass is 9.86. The third kappa shape index (κ3) is 4.35. The van der Waals surface area contributed by atoms with E-state index >= 15 is 0 Å². The quantitative estimate of drug-likeness (QED) is 0.687. The van der Waals surface area contributed by atoms with E-state index in [-0.39, 0.29) is 6.42 Å². The number of hydrogen-bond donors (Lipinski definition) is 1. The van der Waals surface area contributed by atoms with Crippen LogP contribution in [0.1, 0.15) is 46.5 Å². The number of rotatable bonds is 5. The van der Waals surface area contributed by atoms with Gasteiger partial charge in [-0.2, -0.15) is 5.26 Å². The second-order valence-corrected chi connectivity index (χ2v) is 3.91. The molecule has 0 aliphatic heterocycles. The van der Waals surface area contributed by atoms with Gasteiger partial charge in [-0.1, -0.05) is 27.2 Å². The summed E-state index contributed by atoms with van der Waals surface area (Å²) >= 11 is 0. The average Bonchev–Trinajstić information content (AvgIpc) is 1.85. The van der Waals surface area contributed by atoms with E-state index in [1.807, 2.05) is 13.0 Å². The zero-order valence-corrected chi connectivity index (χ0v) is 8.30. The number of nitriles is 1. The summed E-state index contributed by atoms with van der Waals surface area (Å²) in [6.45, 7) is 6.17. The molecule has 0 aliphatic rings. The summed E-state index contributed by atoms with van der Waals surface area (Å²) in [6.07, 6.45) is 2.66. The van der Waals surface area contributed by atoms with Crippen LogP contribution in [0.4, 0.5) is 0 Å². The first kappa shape index (κ1) is 11.4. The fourth-order valence-electron chi connectivity index (χ4n) is 1.64. The maximum atomic E-state index is 9.96. The van der Waals surface area contributed by atoms with Crippen LogP contribution in [-0.4, -0.2) is 10.7 Å². The molecule has 0 fully saturated rings. The molecule has 1 N–H and O–H groups in total. The summed E-state index contributed by atoms with van der Waals surface area (Å²) in [4.78, 5) is 0. The maximum absolute atomic E-state index is 9.96. The summed E-state index contributed by atoms with van der Waals surface area (Å²) in [5.74, 6) is 0.454. The van der Waals surface area contributed by atoms with Crippen LogP contribution in [0, 0.1) is 17.2 Å². The molecule has 70 valence electrons. The molecule has 0 saturated heterocycles. The smallest absolute Gasteiger partial charge is 0.0779 e. The molecule has 0 aromatic rings. The highest BCUT2D eigenvalue weighted by Crippen LogP contribution is 2.25. The monoisotopic (exact) mass is 169 g/mol. The van der Waals surface area contributed by atoms with Crippen LogP contribution in [0.15, 0.2) is 0 Å². The van der Waals surface area contributed by atoms with Gasteiger partial charge in [0.05, 0.1) is 18.1 Å². The Kier molecular flexibility index (Phi) is 4.92. The predicted octanol–water partition coefficient (Wildman–Crippen LogP) is 2.48. The molecule has 0 spiro atoms. The number of hydrogen-bond acceptors (Lipinski definition) is 2. The largest absolute Gasteiger partial charge is 0.389 e. The van der Waals surface area contributed by atoms with E-state index in [9.17, 15) is 5.11 Å². The fraction of sp³-hybridized carbons (Fsp3) is 0.900. The minimum absolute atomic E-state index is 0.263. The van der Waals surface area contributed by atoms with Gasteiger partial charge in [0.25, 0.3) is 0 Å². The maximum Gasteiger partial charge on any atom is 0.0779 e. The first-order valence-corrected chi connectivity index (χ1v) is 4.63. The van der Waals surface area contributed by atoms with Gasteiger partial charge in [-0.05, 0) is 18.8 Å². The summed E-state index contributed by atoms with van der Waals surface area (Å²) < 4.78 is 0. The van der Waals surface area contributed by atoms with Gasteiger partial charge in [-0.3, -0.25) is 0 Å². The molecule has 0 rings (SSSR count). The van der Waals surface area contributed by atoms with Crippen molar-refractivity contribution in [3.8, 4) is 6.07 Å². The van der Waals surface area contributed by atoms with Gasteiger partial charge < -0.3 is 5.11 Å². The molecule has 1 atom stereocenters. The molecule has 12 heavy (non-hydrogen) atoms. The molecule has 0 bridgehead atoms. The van der Waals surface area contributed by atoms with Gasteiger partial charge in [0.15, 0.2) is 0 Å². The normalized spacial score (nSPS) is 15.7. The highest BCUT2D eigenvalue weighted by Gasteiger charge is 2.26. The van der Waals surface area contributed by atoms with Crippen molar-refractivity contribution in [3.05, 3.63) is 0 Å². The predicted molar refractivity (Wildman–Crippen MR) is 49.5 cm³/mol. The van der Waals surface area contributed by atoms with Crippen molar-refractivity contribution >= 4 is 0 Å². The van der Waals surface area contributed by atoms with Crippen LogP contribution in [0.5, 0.6) is 0 Å². The van der Waals surface area contributed by atoms with E-state index in [1.54, 1.807) is 0 Å². The second kappa shape index (κ2) is 5.16. The van der Waals surface area contributed by atoms with Crippen molar-refractivity contribution in [2.24, 2.45) is 5.92 Å². The topological polar surface area (TPSA) is 44.0 Å². The summed E-state index contributed by atoms with van der Waals surface area (Å²) in [7, 11) is 0. The molecule has 0 saturated carbocycles. The van der Waals surface area contributed by atoms with E-state index in [1.165, 1.54) is 0 Å². The van der Waals surface area contributed by atoms with E-state index in [0.29, 0.717) is 5.92 Å². The average molecular weight is 169 g/mol. The van der Waals surface area contributed by atoms with Crippen molar-refractivity contribution in [1.82, 2.24) is 0 Å². The van der Waals surface area contributed by atoms with Crippen LogP contribution in [0.2, 0.25) is 0 Å². The van der Waals surface area contributed by atoms with Gasteiger partial charge in [0, 0.05) is 0 Å². The van der Waals surface area contributed by atoms with Crippen molar-refractivity contribution in [2.75, 3.05) is 0 Å². The lowest BCUT2D eigenvalue weighted by molar-refractivity contribution is 0.0151. The lowest BCUT2D eigenvalue weighted by Gasteiger charge is -2.26. The van der Waals surface area contributed by atoms with Crippen molar-refractivity contribution in [3.63, 3.8) is 0 Å². The zero-order chi connectivity index (χ0) is 9.61. The van der Waals surface area contributed by atoms with E-state index in [2.05, 4.69) is 13.8 Å². The van der Waals surface area contributed by atoms with Crippen molar-refractivity contribution in [2.45, 2.75) is 52.1 Å². The molecule has 0 aromatic carbocycles. The third-order valence-corrected chi connectivity index (χ3v) is 1.91. The SMILES string of the molecule is CCCC(O)(CC#N)CC(C)C. The zero-order valence-electron chi connectivity index (χ0n) is 8.30. The second-order valence-electron chi connectivity index (χ2n) is 3.91. The van der Waals surface area contributed by atoms with Crippen LogP contribution < -0.4 is 0 Å². The Morgan fingerprint density at radius 3 is 2.42 bits per heavy atom. The standard InChI is InChI=1S/C10H19NO/c1-4-5-10(12,6-7-11)8-9(2)3/h9,12H,4-6,8H2,1-3H3. The van der Waals surface area contributed by atoms with Crippen LogP contribution in [-0.2, 0) is 0 Å². The Bertz CT molecular complexity index is 160. The first-order chi connectivity index (χ1) is 5.54. The van der Waals surface area contributed by atoms with Gasteiger partial charge in [-0.25, -0.2) is 0 Å². The minimum Gasteiger partial charge on any atom is -0.389 e. The van der Waals surface area contributed by atoms with Crippen LogP contribution >= 0.6 is 0 Å². The molecule has 0 heterocycles. The molecule has 0 aliphatic carbocycles. The summed E-state index contributed by atoms with van der Waals surface area (Å²) in [6, 6.07) is 2.05. The Morgan fingerprint density at radius 1 is 1.50 bits per heavy atom. The van der Waals surface area contributed by atoms with Crippen LogP contribution in [0.3, 0.4) is 0 Å². The van der Waals surface area contributed by atoms with E-state index in [4.69, 9.17) is 5.26 Å². The van der Waals surface area contributed by atoms with Gasteiger partial charge in [0.1, 0.15) is 0 Å². The highest BCUT2D eigenvalue weighted by molar-refractivity contribution is 4.89. The molecule has 0 radical (unpaired) electrons. The fourth-order valence-corrected chi connectivity index (χ4v) is 1.64. The highest BCUT2D eigenvalue weighted by atomic mass is 16.3. The Labute approximate surface area is 75.2 Å². The number of aliphatic hydroxyl groups is 1. The van der Waals surface area contributed by atoms with Crippen molar-refractivity contribution in [1.29, 1.82) is 5.26 Å². The van der Waals surface area contributed by atoms with E-state index < -0.39 is 5.60 Å². The lowest BCUT2D eigenvalue weighted by Crippen LogP contribution is -2.29. The Hall–Kier alpha value is -0.550. The Balaban J connectivity index is 4.09. The first-order valence-electron chi connectivity index (χ1n) is 4.63. The summed E-state index contributed by atoms with van der Waals surface area (Å²) in [5, 5.41) is 18.5. The van der Waals surface area contributed by atoms with Gasteiger partial charge in [0.2, 0.25) is 0 Å². The van der Waals surface area contributed by atoms with Gasteiger partial charge in [-0.15, -0.1) is 0 Å². The molecule has 1 unspecified atom stereocenters. The molecule has 0 amide bonds. The molecule has 2 heteroatoms. The minimum atomic E-state index is -0.738. The molecular formula is C10H19NO. The molecule has 0 aromatic heterocycles. The summed E-state index contributed by atoms with van der Waals surface area (Å²) in [5.41, 5.74) is -0.738. The van der Waals surface area contributed by atoms with Crippen molar-refractivity contribution < 1.29 is 5.11 Å². The van der Waals surface area contributed by atoms with E-state index in [0.717, 1.165) is 19.3 Å². The Morgan fingerprint density at radius 2 is 2.08 bits per heavy atom. The third-order valence-electron chi connectivity index (χ3n) is 1.91. The van der Waals surface area contributed by atoms with Crippen LogP contribution in [0.25, 0.3) is 0 Å². The number of nitrogens with zero attached hydrogens (tertiary/aromatic N) is 1. The molecule has 2 nitrogen and oxygen atoms in total. The molecular weight excluding hydrogens is 150 g/mol. The van der Waals surface area contributed by atoms with Gasteiger partial charge >= 0.3 is 0 Å².